The van der Waals surface area contributed by atoms with E-state index in [0.717, 1.165) is 0 Å². The highest BCUT2D eigenvalue weighted by Crippen LogP contribution is 1.91. The minimum absolute atomic E-state index is 0.608. The van der Waals surface area contributed by atoms with Gasteiger partial charge in [-0.25, -0.2) is 0 Å². The number of nitrogens with zero attached hydrogens (tertiary/aromatic N) is 2. The molecular weight excluding hydrogens is 76.1 g/mol. The van der Waals surface area contributed by atoms with Crippen molar-refractivity contribution in [3.63, 3.8) is 0 Å². The summed E-state index contributed by atoms with van der Waals surface area (Å²) in [7, 11) is 0. The van der Waals surface area contributed by atoms with E-state index in [4.69, 9.17) is 0 Å². The molecule has 1 aliphatic rings. The Hall–Kier alpha value is -0.790. The van der Waals surface area contributed by atoms with Crippen molar-refractivity contribution in [2.45, 2.75) is 0 Å². The first-order valence-corrected chi connectivity index (χ1v) is 1.82. The molecule has 0 radical (unpaired) electrons. The predicted octanol–water partition coefficient (Wildman–Crippen LogP) is 0.916. The van der Waals surface area contributed by atoms with Gasteiger partial charge in [0.15, 0.2) is 0 Å². The molecule has 0 aromatic rings. The van der Waals surface area contributed by atoms with Gasteiger partial charge in [-0.3, -0.25) is 0 Å². The van der Waals surface area contributed by atoms with Gasteiger partial charge in [0.25, 0.3) is 0 Å². The summed E-state index contributed by atoms with van der Waals surface area (Å²) < 4.78 is 0. The SMILES string of the molecule is C1=C[N-]CN=C1. The number of aliphatic imine (C=N–C) groups is 1. The van der Waals surface area contributed by atoms with Crippen molar-refractivity contribution in [2.24, 2.45) is 4.99 Å². The van der Waals surface area contributed by atoms with Crippen LogP contribution in [0.2, 0.25) is 0 Å². The summed E-state index contributed by atoms with van der Waals surface area (Å²) in [6.07, 6.45) is 5.30. The molecule has 2 heteroatoms. The largest absolute Gasteiger partial charge is 0.672 e. The molecule has 0 saturated heterocycles. The number of hydrogen-bond donors (Lipinski definition) is 0. The minimum Gasteiger partial charge on any atom is -0.672 e. The van der Waals surface area contributed by atoms with Crippen molar-refractivity contribution in [1.29, 1.82) is 0 Å². The summed E-state index contributed by atoms with van der Waals surface area (Å²) >= 11 is 0. The third kappa shape index (κ3) is 0.578. The monoisotopic (exact) mass is 81.0 g/mol. The van der Waals surface area contributed by atoms with Crippen LogP contribution in [-0.4, -0.2) is 12.9 Å². The molecule has 0 amide bonds. The fourth-order valence-corrected chi connectivity index (χ4v) is 0.302. The summed E-state index contributed by atoms with van der Waals surface area (Å²) in [5, 5.41) is 3.80. The van der Waals surface area contributed by atoms with Crippen LogP contribution >= 0.6 is 0 Å². The molecule has 0 fully saturated rings. The second-order valence-corrected chi connectivity index (χ2v) is 0.997. The molecule has 0 aliphatic carbocycles. The van der Waals surface area contributed by atoms with Crippen LogP contribution in [0.15, 0.2) is 17.3 Å². The Morgan fingerprint density at radius 1 is 1.67 bits per heavy atom. The Morgan fingerprint density at radius 2 is 2.67 bits per heavy atom. The van der Waals surface area contributed by atoms with Crippen LogP contribution < -0.4 is 0 Å². The van der Waals surface area contributed by atoms with Gasteiger partial charge in [0.2, 0.25) is 0 Å². The first-order chi connectivity index (χ1) is 3.00. The molecule has 0 unspecified atom stereocenters. The van der Waals surface area contributed by atoms with Crippen LogP contribution in [0.4, 0.5) is 0 Å². The zero-order valence-electron chi connectivity index (χ0n) is 3.33. The lowest BCUT2D eigenvalue weighted by Gasteiger charge is -2.11. The number of rotatable bonds is 0. The zero-order chi connectivity index (χ0) is 4.24. The van der Waals surface area contributed by atoms with Crippen LogP contribution in [-0.2, 0) is 0 Å². The van der Waals surface area contributed by atoms with Gasteiger partial charge < -0.3 is 10.3 Å². The fourth-order valence-electron chi connectivity index (χ4n) is 0.302. The van der Waals surface area contributed by atoms with E-state index in [2.05, 4.69) is 10.3 Å². The molecule has 2 nitrogen and oxygen atoms in total. The normalized spacial score (nSPS) is 17.3. The van der Waals surface area contributed by atoms with Gasteiger partial charge in [0.1, 0.15) is 0 Å². The van der Waals surface area contributed by atoms with Crippen LogP contribution in [0, 0.1) is 0 Å². The van der Waals surface area contributed by atoms with E-state index in [-0.39, 0.29) is 0 Å². The summed E-state index contributed by atoms with van der Waals surface area (Å²) in [4.78, 5) is 3.80. The van der Waals surface area contributed by atoms with E-state index in [1.807, 2.05) is 6.08 Å². The van der Waals surface area contributed by atoms with Gasteiger partial charge >= 0.3 is 0 Å². The molecule has 0 bridgehead atoms. The second kappa shape index (κ2) is 1.60. The molecule has 32 valence electrons. The van der Waals surface area contributed by atoms with Gasteiger partial charge in [-0.15, -0.1) is 0 Å². The molecule has 0 spiro atoms. The lowest BCUT2D eigenvalue weighted by atomic mass is 10.6. The van der Waals surface area contributed by atoms with Crippen molar-refractivity contribution < 1.29 is 0 Å². The van der Waals surface area contributed by atoms with Crippen molar-refractivity contribution in [3.05, 3.63) is 17.6 Å². The van der Waals surface area contributed by atoms with Crippen LogP contribution in [0.25, 0.3) is 5.32 Å². The Morgan fingerprint density at radius 3 is 2.83 bits per heavy atom. The van der Waals surface area contributed by atoms with Crippen LogP contribution in [0.1, 0.15) is 0 Å². The topological polar surface area (TPSA) is 26.5 Å². The Bertz CT molecular complexity index is 71.5. The summed E-state index contributed by atoms with van der Waals surface area (Å²) in [6, 6.07) is 0. The highest BCUT2D eigenvalue weighted by Gasteiger charge is 1.62. The lowest BCUT2D eigenvalue weighted by Crippen LogP contribution is -1.79. The summed E-state index contributed by atoms with van der Waals surface area (Å²) in [5.41, 5.74) is 0. The van der Waals surface area contributed by atoms with Crippen molar-refractivity contribution in [1.82, 2.24) is 0 Å². The molecule has 1 aliphatic heterocycles. The molecular formula is C4H5N2-. The van der Waals surface area contributed by atoms with E-state index in [1.165, 1.54) is 0 Å². The summed E-state index contributed by atoms with van der Waals surface area (Å²) in [5.74, 6) is 0. The quantitative estimate of drug-likeness (QED) is 0.414. The fraction of sp³-hybridized carbons (Fsp3) is 0.250. The van der Waals surface area contributed by atoms with E-state index >= 15 is 0 Å². The third-order valence-electron chi connectivity index (χ3n) is 0.546. The van der Waals surface area contributed by atoms with Gasteiger partial charge in [0.05, 0.1) is 0 Å². The standard InChI is InChI=1S/C4H5N2/c1-2-5-4-6-3-1/h1-3H,4H2/q-1. The average molecular weight is 81.1 g/mol. The van der Waals surface area contributed by atoms with E-state index in [0.29, 0.717) is 6.67 Å². The van der Waals surface area contributed by atoms with Crippen LogP contribution in [0.5, 0.6) is 0 Å². The molecule has 0 aromatic heterocycles. The number of hydrogen-bond acceptors (Lipinski definition) is 1. The maximum absolute atomic E-state index is 3.80. The Labute approximate surface area is 36.6 Å². The molecule has 0 saturated carbocycles. The van der Waals surface area contributed by atoms with Crippen molar-refractivity contribution in [3.8, 4) is 0 Å². The predicted molar refractivity (Wildman–Crippen MR) is 25.9 cm³/mol. The Balaban J connectivity index is 2.46. The maximum Gasteiger partial charge on any atom is 0.0175 e. The highest BCUT2D eigenvalue weighted by molar-refractivity contribution is 5.72. The minimum atomic E-state index is 0.608. The summed E-state index contributed by atoms with van der Waals surface area (Å²) in [6.45, 7) is 0.608. The van der Waals surface area contributed by atoms with E-state index in [1.54, 1.807) is 12.4 Å². The van der Waals surface area contributed by atoms with Gasteiger partial charge in [-0.05, 0) is 6.67 Å². The van der Waals surface area contributed by atoms with Crippen molar-refractivity contribution in [2.75, 3.05) is 6.67 Å². The highest BCUT2D eigenvalue weighted by atomic mass is 15.0. The second-order valence-electron chi connectivity index (χ2n) is 0.997. The van der Waals surface area contributed by atoms with Gasteiger partial charge in [-0.1, -0.05) is 6.08 Å². The average Bonchev–Trinajstić information content (AvgIpc) is 1.72. The Kier molecular flexibility index (Phi) is 0.906. The molecule has 1 rings (SSSR count). The van der Waals surface area contributed by atoms with Crippen molar-refractivity contribution >= 4 is 6.21 Å². The molecule has 6 heavy (non-hydrogen) atoms. The first kappa shape index (κ1) is 3.40. The number of allylic oxidation sites excluding steroid dienone is 1. The third-order valence-corrected chi connectivity index (χ3v) is 0.546. The first-order valence-electron chi connectivity index (χ1n) is 1.82. The van der Waals surface area contributed by atoms with Crippen LogP contribution in [0.3, 0.4) is 0 Å². The van der Waals surface area contributed by atoms with Gasteiger partial charge in [0, 0.05) is 6.21 Å². The maximum atomic E-state index is 3.80. The van der Waals surface area contributed by atoms with Gasteiger partial charge in [-0.2, -0.15) is 6.20 Å². The van der Waals surface area contributed by atoms with E-state index < -0.39 is 0 Å². The smallest absolute Gasteiger partial charge is 0.0175 e. The molecule has 0 aromatic carbocycles. The zero-order valence-corrected chi connectivity index (χ0v) is 3.33. The van der Waals surface area contributed by atoms with E-state index in [9.17, 15) is 0 Å². The molecule has 0 atom stereocenters. The lowest BCUT2D eigenvalue weighted by molar-refractivity contribution is 1.20. The molecule has 1 heterocycles. The molecule has 0 N–H and O–H groups in total.